The first-order chi connectivity index (χ1) is 11.7. The molecule has 0 aliphatic heterocycles. The van der Waals surface area contributed by atoms with E-state index < -0.39 is 0 Å². The number of guanidine groups is 1. The molecule has 24 heavy (non-hydrogen) atoms. The van der Waals surface area contributed by atoms with Gasteiger partial charge in [0.2, 0.25) is 0 Å². The summed E-state index contributed by atoms with van der Waals surface area (Å²) in [6.45, 7) is 13.8. The number of nitrogens with one attached hydrogen (secondary N) is 2. The third kappa shape index (κ3) is 8.87. The number of rotatable bonds is 11. The first-order valence-electron chi connectivity index (χ1n) is 9.36. The molecular weight excluding hydrogens is 298 g/mol. The van der Waals surface area contributed by atoms with Gasteiger partial charge >= 0.3 is 0 Å². The maximum Gasteiger partial charge on any atom is 0.191 e. The molecule has 1 aromatic heterocycles. The quantitative estimate of drug-likeness (QED) is 0.483. The number of aliphatic imine (C=N–C) groups is 1. The first kappa shape index (κ1) is 20.4. The van der Waals surface area contributed by atoms with E-state index in [2.05, 4.69) is 53.2 Å². The fraction of sp³-hybridized carbons (Fsp3) is 0.684. The van der Waals surface area contributed by atoms with E-state index in [1.54, 1.807) is 0 Å². The fourth-order valence-corrected chi connectivity index (χ4v) is 2.61. The Morgan fingerprint density at radius 2 is 2.04 bits per heavy atom. The number of pyridine rings is 1. The summed E-state index contributed by atoms with van der Waals surface area (Å²) in [5, 5.41) is 6.84. The summed E-state index contributed by atoms with van der Waals surface area (Å²) < 4.78 is 0. The Hall–Kier alpha value is -1.62. The molecule has 5 nitrogen and oxygen atoms in total. The van der Waals surface area contributed by atoms with Crippen LogP contribution >= 0.6 is 0 Å². The monoisotopic (exact) mass is 333 g/mol. The van der Waals surface area contributed by atoms with Gasteiger partial charge in [0.15, 0.2) is 5.96 Å². The van der Waals surface area contributed by atoms with E-state index in [0.29, 0.717) is 6.04 Å². The lowest BCUT2D eigenvalue weighted by atomic mass is 10.2. The van der Waals surface area contributed by atoms with Crippen LogP contribution in [0.25, 0.3) is 0 Å². The van der Waals surface area contributed by atoms with Gasteiger partial charge in [-0.3, -0.25) is 9.98 Å². The Morgan fingerprint density at radius 1 is 1.25 bits per heavy atom. The van der Waals surface area contributed by atoms with Gasteiger partial charge in [-0.25, -0.2) is 0 Å². The SMILES string of the molecule is CCNC(=NCCc1ccccn1)NC(C)CCCN(CC)CC. The lowest BCUT2D eigenvalue weighted by Crippen LogP contribution is -2.42. The number of nitrogens with zero attached hydrogens (tertiary/aromatic N) is 3. The molecule has 0 fully saturated rings. The van der Waals surface area contributed by atoms with Gasteiger partial charge in [0.25, 0.3) is 0 Å². The van der Waals surface area contributed by atoms with Crippen LogP contribution < -0.4 is 10.6 Å². The summed E-state index contributed by atoms with van der Waals surface area (Å²) >= 11 is 0. The van der Waals surface area contributed by atoms with Crippen molar-refractivity contribution in [2.75, 3.05) is 32.7 Å². The molecule has 0 radical (unpaired) electrons. The zero-order valence-corrected chi connectivity index (χ0v) is 15.9. The zero-order chi connectivity index (χ0) is 17.6. The van der Waals surface area contributed by atoms with Crippen molar-refractivity contribution in [3.05, 3.63) is 30.1 Å². The maximum absolute atomic E-state index is 4.67. The molecule has 0 saturated heterocycles. The van der Waals surface area contributed by atoms with Gasteiger partial charge in [0.1, 0.15) is 0 Å². The Labute approximate surface area is 148 Å². The van der Waals surface area contributed by atoms with E-state index in [4.69, 9.17) is 0 Å². The van der Waals surface area contributed by atoms with E-state index in [-0.39, 0.29) is 0 Å². The van der Waals surface area contributed by atoms with Crippen molar-refractivity contribution in [1.29, 1.82) is 0 Å². The summed E-state index contributed by atoms with van der Waals surface area (Å²) in [6, 6.07) is 6.44. The van der Waals surface area contributed by atoms with Crippen LogP contribution in [-0.2, 0) is 6.42 Å². The van der Waals surface area contributed by atoms with Crippen LogP contribution in [0.4, 0.5) is 0 Å². The smallest absolute Gasteiger partial charge is 0.191 e. The molecule has 2 N–H and O–H groups in total. The minimum absolute atomic E-state index is 0.424. The standard InChI is InChI=1S/C19H35N5/c1-5-20-19(22-15-13-18-12-8-9-14-21-18)23-17(4)11-10-16-24(6-2)7-3/h8-9,12,14,17H,5-7,10-11,13,15-16H2,1-4H3,(H2,20,22,23). The summed E-state index contributed by atoms with van der Waals surface area (Å²) in [6.07, 6.45) is 5.07. The van der Waals surface area contributed by atoms with Crippen molar-refractivity contribution < 1.29 is 0 Å². The summed E-state index contributed by atoms with van der Waals surface area (Å²) in [5.74, 6) is 0.906. The topological polar surface area (TPSA) is 52.6 Å². The molecule has 1 aromatic rings. The van der Waals surface area contributed by atoms with E-state index in [1.807, 2.05) is 24.4 Å². The Morgan fingerprint density at radius 3 is 2.67 bits per heavy atom. The van der Waals surface area contributed by atoms with E-state index in [0.717, 1.165) is 50.7 Å². The van der Waals surface area contributed by atoms with Crippen LogP contribution in [0.2, 0.25) is 0 Å². The lowest BCUT2D eigenvalue weighted by Gasteiger charge is -2.21. The van der Waals surface area contributed by atoms with Crippen molar-refractivity contribution in [3.8, 4) is 0 Å². The molecule has 0 aliphatic carbocycles. The lowest BCUT2D eigenvalue weighted by molar-refractivity contribution is 0.292. The molecule has 0 saturated carbocycles. The minimum Gasteiger partial charge on any atom is -0.357 e. The van der Waals surface area contributed by atoms with Gasteiger partial charge in [0, 0.05) is 37.4 Å². The average molecular weight is 334 g/mol. The summed E-state index contributed by atoms with van der Waals surface area (Å²) in [5.41, 5.74) is 1.09. The predicted octanol–water partition coefficient (Wildman–Crippen LogP) is 2.69. The van der Waals surface area contributed by atoms with Crippen molar-refractivity contribution in [3.63, 3.8) is 0 Å². The normalized spacial score (nSPS) is 13.1. The second kappa shape index (κ2) is 12.8. The van der Waals surface area contributed by atoms with E-state index in [9.17, 15) is 0 Å². The number of hydrogen-bond donors (Lipinski definition) is 2. The third-order valence-electron chi connectivity index (χ3n) is 4.10. The van der Waals surface area contributed by atoms with Crippen LogP contribution in [0.5, 0.6) is 0 Å². The second-order valence-corrected chi connectivity index (χ2v) is 6.05. The average Bonchev–Trinajstić information content (AvgIpc) is 2.60. The highest BCUT2D eigenvalue weighted by Crippen LogP contribution is 2.00. The molecule has 0 amide bonds. The number of hydrogen-bond acceptors (Lipinski definition) is 3. The Balaban J connectivity index is 2.36. The number of aromatic nitrogens is 1. The molecular formula is C19H35N5. The van der Waals surface area contributed by atoms with Crippen molar-refractivity contribution in [1.82, 2.24) is 20.5 Å². The molecule has 1 unspecified atom stereocenters. The largest absolute Gasteiger partial charge is 0.357 e. The molecule has 0 spiro atoms. The Bertz CT molecular complexity index is 442. The fourth-order valence-electron chi connectivity index (χ4n) is 2.61. The summed E-state index contributed by atoms with van der Waals surface area (Å²) in [4.78, 5) is 11.5. The van der Waals surface area contributed by atoms with Gasteiger partial charge in [-0.05, 0) is 58.5 Å². The predicted molar refractivity (Wildman–Crippen MR) is 104 cm³/mol. The highest BCUT2D eigenvalue weighted by Gasteiger charge is 2.06. The minimum atomic E-state index is 0.424. The van der Waals surface area contributed by atoms with Crippen LogP contribution in [-0.4, -0.2) is 54.6 Å². The molecule has 1 heterocycles. The van der Waals surface area contributed by atoms with Crippen molar-refractivity contribution >= 4 is 5.96 Å². The van der Waals surface area contributed by atoms with E-state index >= 15 is 0 Å². The first-order valence-corrected chi connectivity index (χ1v) is 9.36. The maximum atomic E-state index is 4.67. The Kier molecular flexibility index (Phi) is 10.9. The molecule has 0 aliphatic rings. The van der Waals surface area contributed by atoms with Crippen LogP contribution in [0.1, 0.15) is 46.2 Å². The molecule has 1 rings (SSSR count). The van der Waals surface area contributed by atoms with Crippen LogP contribution in [0.15, 0.2) is 29.4 Å². The van der Waals surface area contributed by atoms with Gasteiger partial charge in [-0.15, -0.1) is 0 Å². The van der Waals surface area contributed by atoms with Crippen molar-refractivity contribution in [2.24, 2.45) is 4.99 Å². The third-order valence-corrected chi connectivity index (χ3v) is 4.10. The zero-order valence-electron chi connectivity index (χ0n) is 15.9. The molecule has 0 aromatic carbocycles. The molecule has 1 atom stereocenters. The van der Waals surface area contributed by atoms with Crippen LogP contribution in [0, 0.1) is 0 Å². The van der Waals surface area contributed by atoms with E-state index in [1.165, 1.54) is 13.0 Å². The molecule has 136 valence electrons. The highest BCUT2D eigenvalue weighted by atomic mass is 15.2. The van der Waals surface area contributed by atoms with Gasteiger partial charge < -0.3 is 15.5 Å². The van der Waals surface area contributed by atoms with Gasteiger partial charge in [0.05, 0.1) is 0 Å². The second-order valence-electron chi connectivity index (χ2n) is 6.05. The van der Waals surface area contributed by atoms with Crippen molar-refractivity contribution in [2.45, 2.75) is 53.0 Å². The van der Waals surface area contributed by atoms with Gasteiger partial charge in [-0.1, -0.05) is 19.9 Å². The van der Waals surface area contributed by atoms with Crippen LogP contribution in [0.3, 0.4) is 0 Å². The molecule has 5 heteroatoms. The highest BCUT2D eigenvalue weighted by molar-refractivity contribution is 5.80. The molecule has 0 bridgehead atoms. The summed E-state index contributed by atoms with van der Waals surface area (Å²) in [7, 11) is 0. The van der Waals surface area contributed by atoms with Gasteiger partial charge in [-0.2, -0.15) is 0 Å².